The minimum Gasteiger partial charge on any atom is -0.328 e. The Hall–Kier alpha value is -1.03. The molecule has 0 bridgehead atoms. The highest BCUT2D eigenvalue weighted by atomic mass is 19.4. The Morgan fingerprint density at radius 1 is 1.11 bits per heavy atom. The van der Waals surface area contributed by atoms with Gasteiger partial charge in [-0.3, -0.25) is 0 Å². The van der Waals surface area contributed by atoms with Gasteiger partial charge in [-0.1, -0.05) is 18.2 Å². The van der Waals surface area contributed by atoms with Crippen LogP contribution in [0.2, 0.25) is 0 Å². The first-order valence-corrected chi connectivity index (χ1v) is 6.37. The molecule has 2 N–H and O–H groups in total. The zero-order chi connectivity index (χ0) is 13.2. The van der Waals surface area contributed by atoms with Gasteiger partial charge in [0, 0.05) is 6.04 Å². The van der Waals surface area contributed by atoms with Crippen molar-refractivity contribution in [2.45, 2.75) is 44.3 Å². The molecular formula is C14H18F3N. The van der Waals surface area contributed by atoms with Crippen LogP contribution in [0.15, 0.2) is 24.3 Å². The van der Waals surface area contributed by atoms with Gasteiger partial charge >= 0.3 is 6.18 Å². The van der Waals surface area contributed by atoms with Crippen molar-refractivity contribution in [2.75, 3.05) is 0 Å². The van der Waals surface area contributed by atoms with Gasteiger partial charge in [0.15, 0.2) is 0 Å². The van der Waals surface area contributed by atoms with E-state index in [2.05, 4.69) is 0 Å². The lowest BCUT2D eigenvalue weighted by molar-refractivity contribution is -0.137. The molecule has 1 aliphatic carbocycles. The van der Waals surface area contributed by atoms with Crippen molar-refractivity contribution in [1.29, 1.82) is 0 Å². The highest BCUT2D eigenvalue weighted by molar-refractivity contribution is 5.26. The van der Waals surface area contributed by atoms with Crippen LogP contribution >= 0.6 is 0 Å². The molecule has 0 radical (unpaired) electrons. The fourth-order valence-electron chi connectivity index (χ4n) is 2.60. The summed E-state index contributed by atoms with van der Waals surface area (Å²) in [6.45, 7) is 0. The molecule has 0 aromatic heterocycles. The van der Waals surface area contributed by atoms with Crippen LogP contribution in [-0.2, 0) is 12.6 Å². The van der Waals surface area contributed by atoms with Crippen LogP contribution in [0.4, 0.5) is 13.2 Å². The molecule has 0 amide bonds. The molecule has 18 heavy (non-hydrogen) atoms. The molecule has 0 aliphatic heterocycles. The highest BCUT2D eigenvalue weighted by Gasteiger charge is 2.30. The van der Waals surface area contributed by atoms with E-state index in [1.807, 2.05) is 0 Å². The second-order valence-corrected chi connectivity index (χ2v) is 5.18. The van der Waals surface area contributed by atoms with Crippen molar-refractivity contribution in [3.8, 4) is 0 Å². The maximum Gasteiger partial charge on any atom is 0.416 e. The minimum atomic E-state index is -4.25. The summed E-state index contributed by atoms with van der Waals surface area (Å²) < 4.78 is 37.7. The van der Waals surface area contributed by atoms with Crippen molar-refractivity contribution in [1.82, 2.24) is 0 Å². The summed E-state index contributed by atoms with van der Waals surface area (Å²) in [6.07, 6.45) is 0.518. The number of halogens is 3. The molecule has 2 rings (SSSR count). The Kier molecular flexibility index (Phi) is 3.95. The monoisotopic (exact) mass is 257 g/mol. The topological polar surface area (TPSA) is 26.0 Å². The zero-order valence-corrected chi connectivity index (χ0v) is 10.2. The molecule has 0 saturated heterocycles. The third kappa shape index (κ3) is 3.48. The first-order chi connectivity index (χ1) is 8.45. The summed E-state index contributed by atoms with van der Waals surface area (Å²) in [7, 11) is 0. The average Bonchev–Trinajstić information content (AvgIpc) is 2.31. The van der Waals surface area contributed by atoms with E-state index in [0.29, 0.717) is 5.92 Å². The van der Waals surface area contributed by atoms with Crippen LogP contribution < -0.4 is 5.73 Å². The molecule has 4 heteroatoms. The molecule has 1 aliphatic rings. The van der Waals surface area contributed by atoms with Gasteiger partial charge in [-0.05, 0) is 49.7 Å². The number of benzene rings is 1. The van der Waals surface area contributed by atoms with Gasteiger partial charge in [0.05, 0.1) is 5.56 Å². The molecule has 0 heterocycles. The van der Waals surface area contributed by atoms with E-state index in [1.54, 1.807) is 6.07 Å². The first-order valence-electron chi connectivity index (χ1n) is 6.37. The van der Waals surface area contributed by atoms with Gasteiger partial charge in [0.1, 0.15) is 0 Å². The number of nitrogens with two attached hydrogens (primary N) is 1. The summed E-state index contributed by atoms with van der Waals surface area (Å²) in [6, 6.07) is 5.95. The van der Waals surface area contributed by atoms with Gasteiger partial charge in [-0.2, -0.15) is 13.2 Å². The second kappa shape index (κ2) is 5.31. The van der Waals surface area contributed by atoms with E-state index in [1.165, 1.54) is 12.1 Å². The van der Waals surface area contributed by atoms with Crippen molar-refractivity contribution in [3.63, 3.8) is 0 Å². The van der Waals surface area contributed by atoms with E-state index in [0.717, 1.165) is 43.7 Å². The minimum absolute atomic E-state index is 0.280. The lowest BCUT2D eigenvalue weighted by Crippen LogP contribution is -2.27. The van der Waals surface area contributed by atoms with Crippen LogP contribution in [0, 0.1) is 5.92 Å². The van der Waals surface area contributed by atoms with E-state index < -0.39 is 11.7 Å². The van der Waals surface area contributed by atoms with Gasteiger partial charge in [-0.15, -0.1) is 0 Å². The van der Waals surface area contributed by atoms with Crippen LogP contribution in [0.5, 0.6) is 0 Å². The van der Waals surface area contributed by atoms with Gasteiger partial charge in [-0.25, -0.2) is 0 Å². The summed E-state index contributed by atoms with van der Waals surface area (Å²) in [5.74, 6) is 0.480. The van der Waals surface area contributed by atoms with Gasteiger partial charge < -0.3 is 5.73 Å². The van der Waals surface area contributed by atoms with Crippen LogP contribution in [-0.4, -0.2) is 6.04 Å². The standard InChI is InChI=1S/C14H18F3N/c15-14(16,17)12-3-1-2-11(9-12)8-10-4-6-13(18)7-5-10/h1-3,9-10,13H,4-8,18H2. The SMILES string of the molecule is NC1CCC(Cc2cccc(C(F)(F)F)c2)CC1. The molecule has 1 aromatic rings. The van der Waals surface area contributed by atoms with E-state index in [4.69, 9.17) is 5.73 Å². The first kappa shape index (κ1) is 13.4. The summed E-state index contributed by atoms with van der Waals surface area (Å²) >= 11 is 0. The quantitative estimate of drug-likeness (QED) is 0.857. The number of alkyl halides is 3. The lowest BCUT2D eigenvalue weighted by Gasteiger charge is -2.26. The molecular weight excluding hydrogens is 239 g/mol. The van der Waals surface area contributed by atoms with Gasteiger partial charge in [0.25, 0.3) is 0 Å². The third-order valence-electron chi connectivity index (χ3n) is 3.67. The summed E-state index contributed by atoms with van der Waals surface area (Å²) in [4.78, 5) is 0. The van der Waals surface area contributed by atoms with Crippen molar-refractivity contribution in [3.05, 3.63) is 35.4 Å². The number of hydrogen-bond acceptors (Lipinski definition) is 1. The van der Waals surface area contributed by atoms with E-state index in [9.17, 15) is 13.2 Å². The molecule has 0 atom stereocenters. The molecule has 1 aromatic carbocycles. The third-order valence-corrected chi connectivity index (χ3v) is 3.67. The zero-order valence-electron chi connectivity index (χ0n) is 10.2. The Labute approximate surface area is 105 Å². The maximum atomic E-state index is 12.6. The van der Waals surface area contributed by atoms with Crippen LogP contribution in [0.3, 0.4) is 0 Å². The van der Waals surface area contributed by atoms with Crippen LogP contribution in [0.1, 0.15) is 36.8 Å². The second-order valence-electron chi connectivity index (χ2n) is 5.18. The molecule has 0 spiro atoms. The van der Waals surface area contributed by atoms with Gasteiger partial charge in [0.2, 0.25) is 0 Å². The number of rotatable bonds is 2. The van der Waals surface area contributed by atoms with Crippen molar-refractivity contribution in [2.24, 2.45) is 11.7 Å². The van der Waals surface area contributed by atoms with E-state index >= 15 is 0 Å². The smallest absolute Gasteiger partial charge is 0.328 e. The van der Waals surface area contributed by atoms with Crippen molar-refractivity contribution >= 4 is 0 Å². The highest BCUT2D eigenvalue weighted by Crippen LogP contribution is 2.31. The Morgan fingerprint density at radius 3 is 2.39 bits per heavy atom. The lowest BCUT2D eigenvalue weighted by atomic mass is 9.82. The van der Waals surface area contributed by atoms with Crippen molar-refractivity contribution < 1.29 is 13.2 Å². The fraction of sp³-hybridized carbons (Fsp3) is 0.571. The summed E-state index contributed by atoms with van der Waals surface area (Å²) in [5, 5.41) is 0. The fourth-order valence-corrected chi connectivity index (χ4v) is 2.60. The average molecular weight is 257 g/mol. The molecule has 100 valence electrons. The summed E-state index contributed by atoms with van der Waals surface area (Å²) in [5.41, 5.74) is 6.06. The Morgan fingerprint density at radius 2 is 1.78 bits per heavy atom. The Balaban J connectivity index is 2.01. The molecule has 1 fully saturated rings. The molecule has 1 nitrogen and oxygen atoms in total. The maximum absolute atomic E-state index is 12.6. The number of hydrogen-bond donors (Lipinski definition) is 1. The predicted octanol–water partition coefficient (Wildman–Crippen LogP) is 3.77. The van der Waals surface area contributed by atoms with Crippen LogP contribution in [0.25, 0.3) is 0 Å². The van der Waals surface area contributed by atoms with E-state index in [-0.39, 0.29) is 6.04 Å². The molecule has 1 saturated carbocycles. The Bertz CT molecular complexity index is 392. The normalized spacial score (nSPS) is 25.1. The molecule has 0 unspecified atom stereocenters. The predicted molar refractivity (Wildman–Crippen MR) is 65.1 cm³/mol. The largest absolute Gasteiger partial charge is 0.416 e.